The van der Waals surface area contributed by atoms with Crippen LogP contribution in [-0.4, -0.2) is 121 Å². The van der Waals surface area contributed by atoms with Gasteiger partial charge >= 0.3 is 0 Å². The Morgan fingerprint density at radius 2 is 1.30 bits per heavy atom. The second-order valence-electron chi connectivity index (χ2n) is 18.1. The standard InChI is InChI=1S/C48H50F4N18O/c1-24(2)69-26(5)56-43-31(49)17-28(19-36(43)69)41-33(51)21-55-47(60-41)58-38-9-7-30(63-65-38)22-67-14-13-54-35(23-67)45-40(52)42(29-18-32(50)44-37(20-29)70(25(3)4)27(6)57-44)61-48(62-45)59-39-10-8-34(64-66-39)46(71)68-15-11-53-12-16-68/h7-10,17-21,24-25,35,53-54H,11-16,22-23H2,1-6H3,(H,55,58,60,65)(H,59,61,62,66). The van der Waals surface area contributed by atoms with Gasteiger partial charge in [-0.25, -0.2) is 47.5 Å². The molecule has 1 amide bonds. The molecule has 2 aliphatic heterocycles. The molecule has 6 aromatic heterocycles. The fraction of sp³-hybridized carbons (Fsp3) is 0.354. The molecule has 2 aliphatic rings. The highest BCUT2D eigenvalue weighted by atomic mass is 19.1. The molecule has 366 valence electrons. The Morgan fingerprint density at radius 1 is 0.690 bits per heavy atom. The minimum atomic E-state index is -0.742. The summed E-state index contributed by atoms with van der Waals surface area (Å²) in [4.78, 5) is 43.4. The summed E-state index contributed by atoms with van der Waals surface area (Å²) in [6.45, 7) is 15.6. The SMILES string of the molecule is Cc1nc2c(F)cc(-c3nc(Nc4ccc(CN5CCNC(c6nc(Nc7ccc(C(=O)N8CCNCC8)nn7)nc(-c7cc(F)c8nc(C)n(C(C)C)c8c7)c6F)C5)nn4)ncc3F)cc2n1C(C)C. The molecule has 8 heterocycles. The summed E-state index contributed by atoms with van der Waals surface area (Å²) in [6.07, 6.45) is 1.01. The van der Waals surface area contributed by atoms with Crippen molar-refractivity contribution in [1.29, 1.82) is 0 Å². The highest BCUT2D eigenvalue weighted by Crippen LogP contribution is 2.34. The van der Waals surface area contributed by atoms with E-state index in [2.05, 4.69) is 76.5 Å². The zero-order valence-corrected chi connectivity index (χ0v) is 39.8. The first-order chi connectivity index (χ1) is 34.2. The monoisotopic (exact) mass is 970 g/mol. The van der Waals surface area contributed by atoms with Crippen molar-refractivity contribution >= 4 is 51.5 Å². The van der Waals surface area contributed by atoms with Crippen LogP contribution in [0.25, 0.3) is 44.6 Å². The van der Waals surface area contributed by atoms with Crippen molar-refractivity contribution in [3.63, 3.8) is 0 Å². The van der Waals surface area contributed by atoms with Gasteiger partial charge in [0, 0.05) is 75.6 Å². The van der Waals surface area contributed by atoms with E-state index in [1.807, 2.05) is 36.8 Å². The van der Waals surface area contributed by atoms with Crippen LogP contribution < -0.4 is 21.3 Å². The number of nitrogens with zero attached hydrogens (tertiary/aromatic N) is 14. The molecular formula is C48H50F4N18O. The van der Waals surface area contributed by atoms with Crippen LogP contribution in [0.4, 0.5) is 41.1 Å². The number of nitrogens with one attached hydrogen (secondary N) is 4. The fourth-order valence-corrected chi connectivity index (χ4v) is 9.34. The van der Waals surface area contributed by atoms with Gasteiger partial charge in [0.1, 0.15) is 39.8 Å². The third kappa shape index (κ3) is 9.42. The molecule has 2 saturated heterocycles. The maximum absolute atomic E-state index is 17.1. The molecule has 4 N–H and O–H groups in total. The van der Waals surface area contributed by atoms with Crippen LogP contribution >= 0.6 is 0 Å². The molecule has 0 spiro atoms. The maximum Gasteiger partial charge on any atom is 0.274 e. The predicted molar refractivity (Wildman–Crippen MR) is 257 cm³/mol. The van der Waals surface area contributed by atoms with Gasteiger partial charge < -0.3 is 35.3 Å². The highest BCUT2D eigenvalue weighted by Gasteiger charge is 2.30. The number of imidazole rings is 2. The quantitative estimate of drug-likeness (QED) is 0.0919. The van der Waals surface area contributed by atoms with Crippen molar-refractivity contribution in [1.82, 2.24) is 79.9 Å². The number of fused-ring (bicyclic) bond motifs is 2. The van der Waals surface area contributed by atoms with E-state index in [1.54, 1.807) is 55.1 Å². The van der Waals surface area contributed by atoms with Gasteiger partial charge in [-0.1, -0.05) is 0 Å². The van der Waals surface area contributed by atoms with Gasteiger partial charge in [0.15, 0.2) is 40.6 Å². The summed E-state index contributed by atoms with van der Waals surface area (Å²) in [5.41, 5.74) is 2.35. The molecule has 2 fully saturated rings. The summed E-state index contributed by atoms with van der Waals surface area (Å²) in [5.74, 6) is -1.19. The lowest BCUT2D eigenvalue weighted by Crippen LogP contribution is -2.46. The second-order valence-corrected chi connectivity index (χ2v) is 18.1. The number of carbonyl (C=O) groups excluding carboxylic acids is 1. The third-order valence-corrected chi connectivity index (χ3v) is 12.5. The van der Waals surface area contributed by atoms with E-state index >= 15 is 17.6 Å². The Morgan fingerprint density at radius 3 is 1.90 bits per heavy atom. The number of anilines is 4. The predicted octanol–water partition coefficient (Wildman–Crippen LogP) is 6.89. The molecule has 23 heteroatoms. The third-order valence-electron chi connectivity index (χ3n) is 12.5. The number of amides is 1. The molecule has 1 atom stereocenters. The zero-order chi connectivity index (χ0) is 49.7. The smallest absolute Gasteiger partial charge is 0.274 e. The van der Waals surface area contributed by atoms with Crippen LogP contribution in [0.5, 0.6) is 0 Å². The normalized spacial score (nSPS) is 15.7. The van der Waals surface area contributed by atoms with Gasteiger partial charge in [-0.3, -0.25) is 9.69 Å². The highest BCUT2D eigenvalue weighted by molar-refractivity contribution is 5.92. The van der Waals surface area contributed by atoms with Crippen molar-refractivity contribution in [2.24, 2.45) is 0 Å². The van der Waals surface area contributed by atoms with Crippen molar-refractivity contribution in [3.8, 4) is 22.5 Å². The number of hydrogen-bond acceptors (Lipinski definition) is 16. The van der Waals surface area contributed by atoms with E-state index in [1.165, 1.54) is 12.1 Å². The van der Waals surface area contributed by atoms with Gasteiger partial charge in [0.2, 0.25) is 11.9 Å². The Kier molecular flexibility index (Phi) is 12.8. The summed E-state index contributed by atoms with van der Waals surface area (Å²) < 4.78 is 67.2. The number of benzene rings is 2. The van der Waals surface area contributed by atoms with Crippen LogP contribution in [0.3, 0.4) is 0 Å². The number of rotatable bonds is 12. The zero-order valence-electron chi connectivity index (χ0n) is 39.8. The largest absolute Gasteiger partial charge is 0.335 e. The number of aryl methyl sites for hydroxylation is 2. The molecule has 0 saturated carbocycles. The Balaban J connectivity index is 0.892. The molecule has 2 aromatic carbocycles. The fourth-order valence-electron chi connectivity index (χ4n) is 9.34. The molecule has 71 heavy (non-hydrogen) atoms. The number of hydrogen-bond donors (Lipinski definition) is 4. The number of halogens is 4. The van der Waals surface area contributed by atoms with Crippen LogP contribution in [-0.2, 0) is 6.54 Å². The van der Waals surface area contributed by atoms with Gasteiger partial charge in [-0.15, -0.1) is 15.3 Å². The van der Waals surface area contributed by atoms with Crippen molar-refractivity contribution in [2.75, 3.05) is 56.4 Å². The number of piperazine rings is 2. The first kappa shape index (κ1) is 47.1. The minimum Gasteiger partial charge on any atom is -0.335 e. The molecule has 19 nitrogen and oxygen atoms in total. The van der Waals surface area contributed by atoms with Crippen LogP contribution in [0, 0.1) is 37.1 Å². The van der Waals surface area contributed by atoms with Crippen LogP contribution in [0.15, 0.2) is 54.7 Å². The second kappa shape index (κ2) is 19.3. The van der Waals surface area contributed by atoms with E-state index < -0.39 is 29.3 Å². The topological polar surface area (TPSA) is 210 Å². The van der Waals surface area contributed by atoms with E-state index in [0.717, 1.165) is 6.20 Å². The Bertz CT molecular complexity index is 3300. The first-order valence-electron chi connectivity index (χ1n) is 23.3. The lowest BCUT2D eigenvalue weighted by molar-refractivity contribution is 0.0728. The van der Waals surface area contributed by atoms with Crippen molar-refractivity contribution in [3.05, 3.63) is 107 Å². The van der Waals surface area contributed by atoms with E-state index in [0.29, 0.717) is 80.7 Å². The first-order valence-corrected chi connectivity index (χ1v) is 23.3. The molecule has 8 aromatic rings. The number of carbonyl (C=O) groups is 1. The molecule has 0 bridgehead atoms. The van der Waals surface area contributed by atoms with Gasteiger partial charge in [0.25, 0.3) is 5.91 Å². The van der Waals surface area contributed by atoms with E-state index in [-0.39, 0.29) is 86.5 Å². The van der Waals surface area contributed by atoms with Gasteiger partial charge in [-0.05, 0) is 90.1 Å². The van der Waals surface area contributed by atoms with Crippen LogP contribution in [0.2, 0.25) is 0 Å². The summed E-state index contributed by atoms with van der Waals surface area (Å²) in [7, 11) is 0. The van der Waals surface area contributed by atoms with Crippen molar-refractivity contribution in [2.45, 2.75) is 66.2 Å². The van der Waals surface area contributed by atoms with Gasteiger partial charge in [-0.2, -0.15) is 5.10 Å². The summed E-state index contributed by atoms with van der Waals surface area (Å²) in [5, 5.41) is 29.7. The Labute approximate surface area is 404 Å². The molecular weight excluding hydrogens is 921 g/mol. The summed E-state index contributed by atoms with van der Waals surface area (Å²) in [6, 6.07) is 11.6. The molecule has 10 rings (SSSR count). The Hall–Kier alpha value is -7.63. The maximum atomic E-state index is 17.1. The molecule has 0 aliphatic carbocycles. The van der Waals surface area contributed by atoms with E-state index in [9.17, 15) is 4.79 Å². The average Bonchev–Trinajstić information content (AvgIpc) is 3.89. The lowest BCUT2D eigenvalue weighted by atomic mass is 10.0. The van der Waals surface area contributed by atoms with Crippen molar-refractivity contribution < 1.29 is 22.4 Å². The molecule has 0 radical (unpaired) electrons. The van der Waals surface area contributed by atoms with Gasteiger partial charge in [0.05, 0.1) is 29.0 Å². The molecule has 1 unspecified atom stereocenters. The summed E-state index contributed by atoms with van der Waals surface area (Å²) >= 11 is 0. The lowest BCUT2D eigenvalue weighted by Gasteiger charge is -2.33. The number of aromatic nitrogens is 12. The average molecular weight is 971 g/mol. The van der Waals surface area contributed by atoms with E-state index in [4.69, 9.17) is 0 Å². The van der Waals surface area contributed by atoms with Crippen LogP contribution in [0.1, 0.15) is 79.3 Å². The minimum absolute atomic E-state index is 0.0109.